The third kappa shape index (κ3) is 5.31. The summed E-state index contributed by atoms with van der Waals surface area (Å²) in [6.45, 7) is 2.95. The molecule has 5 nitrogen and oxygen atoms in total. The van der Waals surface area contributed by atoms with Crippen molar-refractivity contribution in [3.63, 3.8) is 0 Å². The first-order chi connectivity index (χ1) is 12.1. The molecule has 25 heavy (non-hydrogen) atoms. The number of amides is 1. The highest BCUT2D eigenvalue weighted by Gasteiger charge is 2.29. The number of nitrogens with zero attached hydrogens (tertiary/aromatic N) is 1. The minimum atomic E-state index is -0.0623. The normalized spacial score (nSPS) is 13.7. The molecule has 2 aromatic carbocycles. The number of aliphatic hydroxyl groups is 1. The lowest BCUT2D eigenvalue weighted by atomic mass is 10.2. The molecule has 0 aliphatic heterocycles. The highest BCUT2D eigenvalue weighted by molar-refractivity contribution is 5.92. The van der Waals surface area contributed by atoms with E-state index in [-0.39, 0.29) is 12.5 Å². The number of hydrogen-bond donors (Lipinski definition) is 2. The fourth-order valence-electron chi connectivity index (χ4n) is 2.77. The smallest absolute Gasteiger partial charge is 0.238 e. The molecule has 2 N–H and O–H groups in total. The van der Waals surface area contributed by atoms with Gasteiger partial charge in [0.1, 0.15) is 11.5 Å². The maximum Gasteiger partial charge on any atom is 0.238 e. The molecule has 0 saturated heterocycles. The first-order valence-electron chi connectivity index (χ1n) is 8.63. The first-order valence-corrected chi connectivity index (χ1v) is 8.63. The molecule has 3 rings (SSSR count). The van der Waals surface area contributed by atoms with Gasteiger partial charge in [0, 0.05) is 18.3 Å². The summed E-state index contributed by atoms with van der Waals surface area (Å²) in [6, 6.07) is 15.6. The molecule has 0 bridgehead atoms. The standard InChI is InChI=1S/C20H24N2O3/c1-15-3-2-4-19(13-15)25-18-9-5-16(6-10-18)21-20(24)14-22(11-12-23)17-7-8-17/h2-6,9-10,13,17,23H,7-8,11-12,14H2,1H3,(H,21,24). The Labute approximate surface area is 148 Å². The van der Waals surface area contributed by atoms with E-state index in [1.807, 2.05) is 60.4 Å². The minimum Gasteiger partial charge on any atom is -0.457 e. The summed E-state index contributed by atoms with van der Waals surface area (Å²) in [4.78, 5) is 14.2. The molecule has 1 fully saturated rings. The number of hydrogen-bond acceptors (Lipinski definition) is 4. The number of carbonyl (C=O) groups excluding carboxylic acids is 1. The number of benzene rings is 2. The Morgan fingerprint density at radius 2 is 1.96 bits per heavy atom. The Kier molecular flexibility index (Phi) is 5.68. The van der Waals surface area contributed by atoms with E-state index in [0.717, 1.165) is 35.6 Å². The molecule has 1 aliphatic rings. The summed E-state index contributed by atoms with van der Waals surface area (Å²) >= 11 is 0. The van der Waals surface area contributed by atoms with Gasteiger partial charge >= 0.3 is 0 Å². The summed E-state index contributed by atoms with van der Waals surface area (Å²) in [5, 5.41) is 12.0. The van der Waals surface area contributed by atoms with Gasteiger partial charge < -0.3 is 15.2 Å². The van der Waals surface area contributed by atoms with Crippen LogP contribution in [0, 0.1) is 6.92 Å². The van der Waals surface area contributed by atoms with Gasteiger partial charge in [0.25, 0.3) is 0 Å². The zero-order chi connectivity index (χ0) is 17.6. The molecule has 0 radical (unpaired) electrons. The Hall–Kier alpha value is -2.37. The van der Waals surface area contributed by atoms with E-state index in [9.17, 15) is 4.79 Å². The van der Waals surface area contributed by atoms with Crippen molar-refractivity contribution in [1.82, 2.24) is 4.90 Å². The third-order valence-corrected chi connectivity index (χ3v) is 4.16. The zero-order valence-corrected chi connectivity index (χ0v) is 14.4. The van der Waals surface area contributed by atoms with E-state index in [4.69, 9.17) is 9.84 Å². The van der Waals surface area contributed by atoms with Crippen LogP contribution >= 0.6 is 0 Å². The molecule has 1 saturated carbocycles. The largest absolute Gasteiger partial charge is 0.457 e. The fraction of sp³-hybridized carbons (Fsp3) is 0.350. The van der Waals surface area contributed by atoms with Crippen LogP contribution in [0.2, 0.25) is 0 Å². The van der Waals surface area contributed by atoms with Crippen molar-refractivity contribution >= 4 is 11.6 Å². The number of nitrogens with one attached hydrogen (secondary N) is 1. The third-order valence-electron chi connectivity index (χ3n) is 4.16. The summed E-state index contributed by atoms with van der Waals surface area (Å²) in [6.07, 6.45) is 2.22. The summed E-state index contributed by atoms with van der Waals surface area (Å²) in [5.74, 6) is 1.46. The van der Waals surface area contributed by atoms with Gasteiger partial charge in [0.15, 0.2) is 0 Å². The predicted octanol–water partition coefficient (Wildman–Crippen LogP) is 3.18. The molecule has 2 aromatic rings. The Bertz CT molecular complexity index is 711. The molecule has 0 heterocycles. The van der Waals surface area contributed by atoms with Gasteiger partial charge in [-0.05, 0) is 61.7 Å². The van der Waals surface area contributed by atoms with Crippen LogP contribution in [0.5, 0.6) is 11.5 Å². The van der Waals surface area contributed by atoms with E-state index in [1.165, 1.54) is 0 Å². The van der Waals surface area contributed by atoms with Crippen molar-refractivity contribution in [2.75, 3.05) is 25.0 Å². The number of aliphatic hydroxyl groups excluding tert-OH is 1. The van der Waals surface area contributed by atoms with Crippen LogP contribution in [-0.4, -0.2) is 41.7 Å². The Morgan fingerprint density at radius 1 is 1.20 bits per heavy atom. The molecule has 1 amide bonds. The van der Waals surface area contributed by atoms with Crippen LogP contribution in [0.3, 0.4) is 0 Å². The van der Waals surface area contributed by atoms with Crippen molar-refractivity contribution in [1.29, 1.82) is 0 Å². The average Bonchev–Trinajstić information content (AvgIpc) is 3.41. The Morgan fingerprint density at radius 3 is 2.60 bits per heavy atom. The van der Waals surface area contributed by atoms with Crippen molar-refractivity contribution in [3.05, 3.63) is 54.1 Å². The van der Waals surface area contributed by atoms with Crippen LogP contribution < -0.4 is 10.1 Å². The molecular formula is C20H24N2O3. The van der Waals surface area contributed by atoms with Gasteiger partial charge in [0.05, 0.1) is 13.2 Å². The average molecular weight is 340 g/mol. The number of rotatable bonds is 8. The molecule has 1 aliphatic carbocycles. The van der Waals surface area contributed by atoms with Gasteiger partial charge in [0.2, 0.25) is 5.91 Å². The molecule has 5 heteroatoms. The highest BCUT2D eigenvalue weighted by Crippen LogP contribution is 2.26. The van der Waals surface area contributed by atoms with Crippen molar-refractivity contribution in [2.24, 2.45) is 0 Å². The van der Waals surface area contributed by atoms with Crippen LogP contribution in [-0.2, 0) is 4.79 Å². The summed E-state index contributed by atoms with van der Waals surface area (Å²) in [5.41, 5.74) is 1.88. The monoisotopic (exact) mass is 340 g/mol. The Balaban J connectivity index is 1.54. The van der Waals surface area contributed by atoms with Crippen LogP contribution in [0.1, 0.15) is 18.4 Å². The van der Waals surface area contributed by atoms with Crippen molar-refractivity contribution in [2.45, 2.75) is 25.8 Å². The second-order valence-corrected chi connectivity index (χ2v) is 6.42. The minimum absolute atomic E-state index is 0.0623. The maximum atomic E-state index is 12.2. The second-order valence-electron chi connectivity index (χ2n) is 6.42. The molecule has 0 spiro atoms. The lowest BCUT2D eigenvalue weighted by Gasteiger charge is -2.20. The number of anilines is 1. The molecular weight excluding hydrogens is 316 g/mol. The van der Waals surface area contributed by atoms with E-state index >= 15 is 0 Å². The number of ether oxygens (including phenoxy) is 1. The topological polar surface area (TPSA) is 61.8 Å². The fourth-order valence-corrected chi connectivity index (χ4v) is 2.77. The highest BCUT2D eigenvalue weighted by atomic mass is 16.5. The number of aryl methyl sites for hydroxylation is 1. The maximum absolute atomic E-state index is 12.2. The first kappa shape index (κ1) is 17.5. The molecule has 132 valence electrons. The summed E-state index contributed by atoms with van der Waals surface area (Å²) in [7, 11) is 0. The quantitative estimate of drug-likeness (QED) is 0.775. The van der Waals surface area contributed by atoms with Gasteiger partial charge in [-0.1, -0.05) is 12.1 Å². The van der Waals surface area contributed by atoms with E-state index in [0.29, 0.717) is 19.1 Å². The lowest BCUT2D eigenvalue weighted by Crippen LogP contribution is -2.36. The molecule has 0 unspecified atom stereocenters. The second kappa shape index (κ2) is 8.14. The zero-order valence-electron chi connectivity index (χ0n) is 14.4. The number of carbonyl (C=O) groups is 1. The van der Waals surface area contributed by atoms with Crippen LogP contribution in [0.4, 0.5) is 5.69 Å². The van der Waals surface area contributed by atoms with E-state index in [2.05, 4.69) is 5.32 Å². The van der Waals surface area contributed by atoms with Crippen molar-refractivity contribution < 1.29 is 14.6 Å². The van der Waals surface area contributed by atoms with Gasteiger partial charge in [-0.15, -0.1) is 0 Å². The molecule has 0 atom stereocenters. The van der Waals surface area contributed by atoms with Crippen molar-refractivity contribution in [3.8, 4) is 11.5 Å². The van der Waals surface area contributed by atoms with Gasteiger partial charge in [-0.3, -0.25) is 9.69 Å². The van der Waals surface area contributed by atoms with E-state index in [1.54, 1.807) is 0 Å². The van der Waals surface area contributed by atoms with Crippen LogP contribution in [0.25, 0.3) is 0 Å². The van der Waals surface area contributed by atoms with Gasteiger partial charge in [-0.25, -0.2) is 0 Å². The summed E-state index contributed by atoms with van der Waals surface area (Å²) < 4.78 is 5.81. The van der Waals surface area contributed by atoms with E-state index < -0.39 is 0 Å². The van der Waals surface area contributed by atoms with Crippen LogP contribution in [0.15, 0.2) is 48.5 Å². The van der Waals surface area contributed by atoms with Gasteiger partial charge in [-0.2, -0.15) is 0 Å². The SMILES string of the molecule is Cc1cccc(Oc2ccc(NC(=O)CN(CCO)C3CC3)cc2)c1. The molecule has 0 aromatic heterocycles. The predicted molar refractivity (Wildman–Crippen MR) is 98.0 cm³/mol. The lowest BCUT2D eigenvalue weighted by molar-refractivity contribution is -0.117.